The number of nitro benzene ring substituents is 1. The number of thioether (sulfide) groups is 1. The molecule has 1 heterocycles. The molecule has 0 aliphatic rings. The van der Waals surface area contributed by atoms with E-state index < -0.39 is 4.92 Å². The van der Waals surface area contributed by atoms with Crippen LogP contribution in [0, 0.1) is 10.1 Å². The van der Waals surface area contributed by atoms with Gasteiger partial charge >= 0.3 is 0 Å². The predicted octanol–water partition coefficient (Wildman–Crippen LogP) is 3.57. The molecule has 0 atom stereocenters. The van der Waals surface area contributed by atoms with E-state index >= 15 is 0 Å². The van der Waals surface area contributed by atoms with Crippen molar-refractivity contribution in [1.82, 2.24) is 9.97 Å². The zero-order valence-electron chi connectivity index (χ0n) is 8.48. The molecule has 0 aliphatic carbocycles. The van der Waals surface area contributed by atoms with E-state index in [1.54, 1.807) is 12.3 Å². The third kappa shape index (κ3) is 2.29. The van der Waals surface area contributed by atoms with E-state index in [9.17, 15) is 10.1 Å². The van der Waals surface area contributed by atoms with Crippen LogP contribution in [0.5, 0.6) is 0 Å². The summed E-state index contributed by atoms with van der Waals surface area (Å²) in [6.45, 7) is 0. The van der Waals surface area contributed by atoms with Crippen LogP contribution in [0.25, 0.3) is 11.0 Å². The Bertz CT molecular complexity index is 621. The number of nitro groups is 1. The van der Waals surface area contributed by atoms with Crippen LogP contribution in [0.4, 0.5) is 5.69 Å². The Morgan fingerprint density at radius 3 is 2.24 bits per heavy atom. The summed E-state index contributed by atoms with van der Waals surface area (Å²) >= 11 is 12.7. The van der Waals surface area contributed by atoms with Gasteiger partial charge in [0.2, 0.25) is 0 Å². The predicted molar refractivity (Wildman–Crippen MR) is 68.0 cm³/mol. The molecule has 5 nitrogen and oxygen atoms in total. The molecule has 17 heavy (non-hydrogen) atoms. The molecule has 0 fully saturated rings. The molecule has 1 aromatic carbocycles. The van der Waals surface area contributed by atoms with Gasteiger partial charge in [0, 0.05) is 6.07 Å². The van der Waals surface area contributed by atoms with Gasteiger partial charge < -0.3 is 0 Å². The van der Waals surface area contributed by atoms with Crippen molar-refractivity contribution in [2.24, 2.45) is 0 Å². The van der Waals surface area contributed by atoms with Gasteiger partial charge in [-0.25, -0.2) is 9.97 Å². The molecule has 0 radical (unpaired) electrons. The van der Waals surface area contributed by atoms with Crippen molar-refractivity contribution in [1.29, 1.82) is 0 Å². The molecule has 0 amide bonds. The summed E-state index contributed by atoms with van der Waals surface area (Å²) in [7, 11) is 0. The highest BCUT2D eigenvalue weighted by atomic mass is 35.5. The molecule has 1 aromatic heterocycles. The first-order chi connectivity index (χ1) is 8.02. The molecular weight excluding hydrogens is 285 g/mol. The highest BCUT2D eigenvalue weighted by Gasteiger charge is 2.16. The summed E-state index contributed by atoms with van der Waals surface area (Å²) in [4.78, 5) is 18.9. The van der Waals surface area contributed by atoms with Crippen molar-refractivity contribution in [2.45, 2.75) is 4.90 Å². The maximum Gasteiger partial charge on any atom is 0.285 e. The van der Waals surface area contributed by atoms with E-state index in [-0.39, 0.29) is 16.0 Å². The summed E-state index contributed by atoms with van der Waals surface area (Å²) in [6, 6.07) is 2.92. The van der Waals surface area contributed by atoms with Gasteiger partial charge in [-0.3, -0.25) is 10.1 Å². The Kier molecular flexibility index (Phi) is 3.37. The lowest BCUT2D eigenvalue weighted by Gasteiger charge is -2.03. The Hall–Kier alpha value is -1.11. The normalized spacial score (nSPS) is 10.8. The number of fused-ring (bicyclic) bond motifs is 1. The van der Waals surface area contributed by atoms with E-state index in [2.05, 4.69) is 9.97 Å². The second-order valence-electron chi connectivity index (χ2n) is 3.08. The summed E-state index contributed by atoms with van der Waals surface area (Å²) in [5.74, 6) is 0. The summed E-state index contributed by atoms with van der Waals surface area (Å²) < 4.78 is 0. The molecular formula is C9H5Cl2N3O2S. The Morgan fingerprint density at radius 2 is 1.76 bits per heavy atom. The minimum atomic E-state index is -0.463. The number of rotatable bonds is 2. The van der Waals surface area contributed by atoms with Crippen molar-refractivity contribution in [3.63, 3.8) is 0 Å². The highest BCUT2D eigenvalue weighted by molar-refractivity contribution is 7.98. The Balaban J connectivity index is 2.78. The molecule has 0 N–H and O–H groups in total. The quantitative estimate of drug-likeness (QED) is 0.480. The van der Waals surface area contributed by atoms with Crippen molar-refractivity contribution in [2.75, 3.05) is 6.26 Å². The summed E-state index contributed by atoms with van der Waals surface area (Å²) in [6.07, 6.45) is 1.75. The fraction of sp³-hybridized carbons (Fsp3) is 0.111. The van der Waals surface area contributed by atoms with Gasteiger partial charge in [0.1, 0.15) is 0 Å². The molecule has 0 bridgehead atoms. The van der Waals surface area contributed by atoms with Crippen LogP contribution in [-0.4, -0.2) is 21.1 Å². The lowest BCUT2D eigenvalue weighted by Crippen LogP contribution is -1.94. The van der Waals surface area contributed by atoms with Gasteiger partial charge in [0.05, 0.1) is 20.9 Å². The standard InChI is InChI=1S/C9H5Cl2N3O2S/c1-17-7-3-5-4(2-6(7)14(15)16)12-8(10)9(11)13-5/h2-3H,1H3. The number of aromatic nitrogens is 2. The molecule has 0 aliphatic heterocycles. The summed E-state index contributed by atoms with van der Waals surface area (Å²) in [5.41, 5.74) is 0.816. The second kappa shape index (κ2) is 4.64. The zero-order chi connectivity index (χ0) is 12.6. The zero-order valence-corrected chi connectivity index (χ0v) is 10.8. The summed E-state index contributed by atoms with van der Waals surface area (Å²) in [5, 5.41) is 11.0. The van der Waals surface area contributed by atoms with E-state index in [4.69, 9.17) is 23.2 Å². The largest absolute Gasteiger partial charge is 0.285 e. The average Bonchev–Trinajstić information content (AvgIpc) is 2.29. The first-order valence-corrected chi connectivity index (χ1v) is 6.36. The van der Waals surface area contributed by atoms with Crippen LogP contribution in [0.1, 0.15) is 0 Å². The van der Waals surface area contributed by atoms with Crippen molar-refractivity contribution >= 4 is 51.7 Å². The molecule has 2 aromatic rings. The number of hydrogen-bond donors (Lipinski definition) is 0. The monoisotopic (exact) mass is 289 g/mol. The molecule has 0 saturated carbocycles. The molecule has 0 unspecified atom stereocenters. The molecule has 0 spiro atoms. The fourth-order valence-corrected chi connectivity index (χ4v) is 2.17. The Labute approximate surface area is 110 Å². The van der Waals surface area contributed by atoms with Crippen molar-refractivity contribution < 1.29 is 4.92 Å². The first kappa shape index (κ1) is 12.3. The van der Waals surface area contributed by atoms with Crippen molar-refractivity contribution in [3.8, 4) is 0 Å². The topological polar surface area (TPSA) is 68.9 Å². The SMILES string of the molecule is CSc1cc2nc(Cl)c(Cl)nc2cc1[N+](=O)[O-]. The van der Waals surface area contributed by atoms with Crippen LogP contribution in [0.2, 0.25) is 10.3 Å². The van der Waals surface area contributed by atoms with Crippen LogP contribution in [0.3, 0.4) is 0 Å². The fourth-order valence-electron chi connectivity index (χ4n) is 1.34. The van der Waals surface area contributed by atoms with Crippen LogP contribution in [0.15, 0.2) is 17.0 Å². The third-order valence-electron chi connectivity index (χ3n) is 2.08. The number of benzene rings is 1. The van der Waals surface area contributed by atoms with Gasteiger partial charge in [-0.15, -0.1) is 11.8 Å². The molecule has 0 saturated heterocycles. The molecule has 2 rings (SSSR count). The maximum atomic E-state index is 10.9. The van der Waals surface area contributed by atoms with E-state index in [1.165, 1.54) is 17.8 Å². The maximum absolute atomic E-state index is 10.9. The van der Waals surface area contributed by atoms with Crippen LogP contribution < -0.4 is 0 Å². The lowest BCUT2D eigenvalue weighted by molar-refractivity contribution is -0.387. The van der Waals surface area contributed by atoms with E-state index in [0.29, 0.717) is 15.9 Å². The Morgan fingerprint density at radius 1 is 1.24 bits per heavy atom. The third-order valence-corrected chi connectivity index (χ3v) is 3.47. The minimum Gasteiger partial charge on any atom is -0.258 e. The van der Waals surface area contributed by atoms with Gasteiger partial charge in [-0.05, 0) is 12.3 Å². The van der Waals surface area contributed by atoms with E-state index in [0.717, 1.165) is 0 Å². The van der Waals surface area contributed by atoms with Gasteiger partial charge in [0.25, 0.3) is 5.69 Å². The molecule has 88 valence electrons. The van der Waals surface area contributed by atoms with Gasteiger partial charge in [-0.1, -0.05) is 23.2 Å². The van der Waals surface area contributed by atoms with E-state index in [1.807, 2.05) is 0 Å². The number of hydrogen-bond acceptors (Lipinski definition) is 5. The van der Waals surface area contributed by atoms with Gasteiger partial charge in [-0.2, -0.15) is 0 Å². The van der Waals surface area contributed by atoms with Crippen LogP contribution >= 0.6 is 35.0 Å². The molecule has 8 heteroatoms. The minimum absolute atomic E-state index is 0.0160. The second-order valence-corrected chi connectivity index (χ2v) is 4.64. The average molecular weight is 290 g/mol. The lowest BCUT2D eigenvalue weighted by atomic mass is 10.2. The first-order valence-electron chi connectivity index (χ1n) is 4.38. The van der Waals surface area contributed by atoms with Crippen molar-refractivity contribution in [3.05, 3.63) is 32.6 Å². The smallest absolute Gasteiger partial charge is 0.258 e. The number of halogens is 2. The number of nitrogens with zero attached hydrogens (tertiary/aromatic N) is 3. The van der Waals surface area contributed by atoms with Gasteiger partial charge in [0.15, 0.2) is 10.3 Å². The van der Waals surface area contributed by atoms with Crippen LogP contribution in [-0.2, 0) is 0 Å². The highest BCUT2D eigenvalue weighted by Crippen LogP contribution is 2.32.